The van der Waals surface area contributed by atoms with E-state index >= 15 is 0 Å². The number of nitrogens with zero attached hydrogens (tertiary/aromatic N) is 2. The van der Waals surface area contributed by atoms with E-state index in [1.165, 1.54) is 67.8 Å². The van der Waals surface area contributed by atoms with Crippen molar-refractivity contribution in [2.45, 2.75) is 131 Å². The third kappa shape index (κ3) is 16.9. The minimum atomic E-state index is -0.0187. The van der Waals surface area contributed by atoms with Crippen molar-refractivity contribution in [3.8, 4) is 11.1 Å². The number of ether oxygens (including phenoxy) is 2. The smallest absolute Gasteiger partial charge is 0.0569 e. The lowest BCUT2D eigenvalue weighted by atomic mass is 9.63. The van der Waals surface area contributed by atoms with E-state index in [-0.39, 0.29) is 13.2 Å². The van der Waals surface area contributed by atoms with Crippen LogP contribution in [0.2, 0.25) is 0 Å². The number of hydrazine groups is 2. The van der Waals surface area contributed by atoms with Gasteiger partial charge in [0.2, 0.25) is 0 Å². The normalized spacial score (nSPS) is 28.3. The maximum Gasteiger partial charge on any atom is 0.0569 e. The van der Waals surface area contributed by atoms with Crippen molar-refractivity contribution in [1.82, 2.24) is 0 Å². The van der Waals surface area contributed by atoms with E-state index in [2.05, 4.69) is 34.6 Å². The predicted molar refractivity (Wildman–Crippen MR) is 259 cm³/mol. The zero-order valence-electron chi connectivity index (χ0n) is 40.0. The summed E-state index contributed by atoms with van der Waals surface area (Å²) in [7, 11) is 0. The number of aliphatic hydroxyl groups is 4. The SMILES string of the molecule is CC.CC1CCC2C(CO1)C(C(C)CO)CC[C@H]2C.CC1CCC2CCCC(C(C)CO)C2CO1.N/C(=C\N(N)c1ccc(-c2ccc(N(N)/C=C(\N)CCO)cc2)cc1)CCO. The molecule has 2 aromatic carbocycles. The zero-order chi connectivity index (χ0) is 46.5. The first-order valence-corrected chi connectivity index (χ1v) is 24.2. The van der Waals surface area contributed by atoms with E-state index in [1.54, 1.807) is 12.4 Å². The summed E-state index contributed by atoms with van der Waals surface area (Å²) in [6, 6.07) is 15.4. The van der Waals surface area contributed by atoms with E-state index in [1.807, 2.05) is 62.4 Å². The van der Waals surface area contributed by atoms with Crippen LogP contribution in [0.25, 0.3) is 11.1 Å². The topological polar surface area (TPSA) is 210 Å². The van der Waals surface area contributed by atoms with Crippen molar-refractivity contribution in [3.05, 3.63) is 72.3 Å². The van der Waals surface area contributed by atoms with Crippen molar-refractivity contribution in [3.63, 3.8) is 0 Å². The minimum absolute atomic E-state index is 0.0187. The molecule has 2 heterocycles. The van der Waals surface area contributed by atoms with Crippen molar-refractivity contribution in [2.75, 3.05) is 49.7 Å². The van der Waals surface area contributed by atoms with Gasteiger partial charge < -0.3 is 41.4 Å². The quantitative estimate of drug-likeness (QED) is 0.0710. The van der Waals surface area contributed by atoms with Crippen LogP contribution in [0, 0.1) is 53.3 Å². The highest BCUT2D eigenvalue weighted by molar-refractivity contribution is 5.69. The van der Waals surface area contributed by atoms with Gasteiger partial charge in [-0.2, -0.15) is 0 Å². The van der Waals surface area contributed by atoms with Crippen LogP contribution in [-0.4, -0.2) is 72.3 Å². The third-order valence-corrected chi connectivity index (χ3v) is 14.2. The molecule has 4 fully saturated rings. The van der Waals surface area contributed by atoms with Crippen LogP contribution in [0.3, 0.4) is 0 Å². The van der Waals surface area contributed by atoms with Crippen LogP contribution < -0.4 is 33.2 Å². The first-order valence-electron chi connectivity index (χ1n) is 24.2. The summed E-state index contributed by atoms with van der Waals surface area (Å²) >= 11 is 0. The summed E-state index contributed by atoms with van der Waals surface area (Å²) in [6.07, 6.45) is 16.5. The molecule has 2 saturated heterocycles. The number of benzene rings is 2. The highest BCUT2D eigenvalue weighted by Gasteiger charge is 2.41. The maximum absolute atomic E-state index is 9.42. The number of rotatable bonds is 13. The first kappa shape index (κ1) is 54.1. The van der Waals surface area contributed by atoms with Crippen molar-refractivity contribution >= 4 is 11.4 Å². The zero-order valence-corrected chi connectivity index (χ0v) is 40.0. The number of fused-ring (bicyclic) bond motifs is 2. The molecular weight excluding hydrogens is 793 g/mol. The van der Waals surface area contributed by atoms with E-state index in [4.69, 9.17) is 42.8 Å². The Bertz CT molecular complexity index is 1520. The maximum atomic E-state index is 9.42. The Labute approximate surface area is 381 Å². The van der Waals surface area contributed by atoms with E-state index in [0.717, 1.165) is 53.5 Å². The molecule has 6 rings (SSSR count). The Balaban J connectivity index is 0.000000260. The molecule has 2 aliphatic carbocycles. The monoisotopic (exact) mass is 881 g/mol. The van der Waals surface area contributed by atoms with Crippen LogP contribution in [0.5, 0.6) is 0 Å². The van der Waals surface area contributed by atoms with E-state index in [0.29, 0.717) is 85.2 Å². The fraction of sp³-hybridized carbons (Fsp3) is 0.686. The highest BCUT2D eigenvalue weighted by Crippen LogP contribution is 2.46. The second-order valence-corrected chi connectivity index (χ2v) is 18.6. The van der Waals surface area contributed by atoms with Gasteiger partial charge in [-0.05, 0) is 141 Å². The lowest BCUT2D eigenvalue weighted by Gasteiger charge is -2.43. The molecule has 0 aromatic heterocycles. The summed E-state index contributed by atoms with van der Waals surface area (Å²) in [5, 5.41) is 39.4. The van der Waals surface area contributed by atoms with Gasteiger partial charge in [-0.15, -0.1) is 0 Å². The largest absolute Gasteiger partial charge is 0.401 e. The molecule has 358 valence electrons. The summed E-state index contributed by atoms with van der Waals surface area (Å²) in [5.41, 5.74) is 16.1. The Morgan fingerprint density at radius 3 is 1.51 bits per heavy atom. The van der Waals surface area contributed by atoms with Crippen molar-refractivity contribution < 1.29 is 29.9 Å². The Kier molecular flexibility index (Phi) is 24.6. The average Bonchev–Trinajstić information content (AvgIpc) is 3.62. The van der Waals surface area contributed by atoms with Crippen LogP contribution >= 0.6 is 0 Å². The van der Waals surface area contributed by atoms with Gasteiger partial charge in [0.15, 0.2) is 0 Å². The van der Waals surface area contributed by atoms with Gasteiger partial charge >= 0.3 is 0 Å². The fourth-order valence-electron chi connectivity index (χ4n) is 10.2. The Hall–Kier alpha value is -3.20. The molecule has 12 heteroatoms. The second kappa shape index (κ2) is 28.7. The van der Waals surface area contributed by atoms with Gasteiger partial charge in [0, 0.05) is 63.1 Å². The standard InChI is InChI=1S/C20H28N6O2.C15H28O2.C14H26O2.C2H6/c21-17(9-11-27)13-25(23)19-5-1-15(2-6-19)16-3-7-20(8-4-16)26(24)14-18(22)10-12-28;1-10-4-6-14(11(2)8-16)15-9-17-12(3)5-7-13(10)15;1-10(8-15)13-5-3-4-12-7-6-11(2)16-9-14(12)13;1-2/h1-8,13-14,27-28H,9-12,21-24H2;10-16H,4-9H2,1-3H3;10-15H,3-9H2,1-2H3;1-2H3/b17-13-,18-14-;;;/t;10-,11?,12?,13?,14?,15?;;/m.1../s1. The predicted octanol–water partition coefficient (Wildman–Crippen LogP) is 8.04. The van der Waals surface area contributed by atoms with Gasteiger partial charge in [0.25, 0.3) is 0 Å². The molecule has 0 radical (unpaired) electrons. The molecule has 0 amide bonds. The lowest BCUT2D eigenvalue weighted by molar-refractivity contribution is -0.0162. The van der Waals surface area contributed by atoms with Crippen molar-refractivity contribution in [1.29, 1.82) is 0 Å². The van der Waals surface area contributed by atoms with Gasteiger partial charge in [0.05, 0.1) is 36.8 Å². The summed E-state index contributed by atoms with van der Waals surface area (Å²) in [5.74, 6) is 18.1. The Morgan fingerprint density at radius 2 is 1.05 bits per heavy atom. The molecule has 2 aliphatic heterocycles. The first-order chi connectivity index (χ1) is 30.3. The summed E-state index contributed by atoms with van der Waals surface area (Å²) in [4.78, 5) is 0. The number of nitrogens with two attached hydrogens (primary N) is 4. The molecule has 0 bridgehead atoms. The van der Waals surface area contributed by atoms with Crippen LogP contribution in [0.1, 0.15) is 119 Å². The molecule has 0 spiro atoms. The van der Waals surface area contributed by atoms with Crippen LogP contribution in [0.15, 0.2) is 72.3 Å². The third-order valence-electron chi connectivity index (χ3n) is 14.2. The molecular formula is C51H88N6O6. The van der Waals surface area contributed by atoms with Crippen molar-refractivity contribution in [2.24, 2.45) is 76.4 Å². The number of hydrogen-bond donors (Lipinski definition) is 8. The lowest BCUT2D eigenvalue weighted by Crippen LogP contribution is -2.39. The van der Waals surface area contributed by atoms with Gasteiger partial charge in [-0.1, -0.05) is 78.1 Å². The molecule has 10 unspecified atom stereocenters. The number of anilines is 2. The van der Waals surface area contributed by atoms with Gasteiger partial charge in [-0.25, -0.2) is 11.7 Å². The summed E-state index contributed by atoms with van der Waals surface area (Å²) in [6.45, 7) is 17.7. The van der Waals surface area contributed by atoms with E-state index < -0.39 is 0 Å². The fourth-order valence-corrected chi connectivity index (χ4v) is 10.2. The molecule has 2 saturated carbocycles. The minimum Gasteiger partial charge on any atom is -0.401 e. The molecule has 4 aliphatic rings. The number of hydrogen-bond acceptors (Lipinski definition) is 12. The van der Waals surface area contributed by atoms with Gasteiger partial charge in [-0.3, -0.25) is 10.0 Å². The summed E-state index contributed by atoms with van der Waals surface area (Å²) < 4.78 is 11.9. The molecule has 12 nitrogen and oxygen atoms in total. The molecule has 2 aromatic rings. The highest BCUT2D eigenvalue weighted by atomic mass is 16.5. The van der Waals surface area contributed by atoms with E-state index in [9.17, 15) is 10.2 Å². The Morgan fingerprint density at radius 1 is 0.603 bits per heavy atom. The average molecular weight is 881 g/mol. The number of aliphatic hydroxyl groups excluding tert-OH is 4. The van der Waals surface area contributed by atoms with Crippen LogP contribution in [-0.2, 0) is 9.47 Å². The van der Waals surface area contributed by atoms with Gasteiger partial charge in [0.1, 0.15) is 0 Å². The second-order valence-electron chi connectivity index (χ2n) is 18.6. The van der Waals surface area contributed by atoms with Crippen LogP contribution in [0.4, 0.5) is 11.4 Å². The molecule has 12 N–H and O–H groups in total. The molecule has 63 heavy (non-hydrogen) atoms. The molecule has 11 atom stereocenters.